The SMILES string of the molecule is CCCCNC(=O)NS(=O)(=O)c1ccc(NC(=O)C2CC2)cc1. The first-order valence-corrected chi connectivity index (χ1v) is 9.12. The number of amides is 3. The van der Waals surface area contributed by atoms with Gasteiger partial charge in [-0.25, -0.2) is 17.9 Å². The quantitative estimate of drug-likeness (QED) is 0.659. The van der Waals surface area contributed by atoms with Crippen molar-refractivity contribution in [1.29, 1.82) is 0 Å². The molecule has 0 saturated heterocycles. The van der Waals surface area contributed by atoms with Crippen molar-refractivity contribution < 1.29 is 18.0 Å². The van der Waals surface area contributed by atoms with E-state index in [0.717, 1.165) is 25.7 Å². The van der Waals surface area contributed by atoms with Gasteiger partial charge in [0.15, 0.2) is 0 Å². The number of anilines is 1. The minimum atomic E-state index is -3.92. The second-order valence-corrected chi connectivity index (χ2v) is 7.19. The van der Waals surface area contributed by atoms with Gasteiger partial charge in [-0.05, 0) is 43.5 Å². The first-order chi connectivity index (χ1) is 10.9. The third-order valence-electron chi connectivity index (χ3n) is 3.42. The molecule has 0 aromatic heterocycles. The van der Waals surface area contributed by atoms with E-state index in [9.17, 15) is 18.0 Å². The normalized spacial score (nSPS) is 14.1. The van der Waals surface area contributed by atoms with Crippen LogP contribution in [-0.4, -0.2) is 26.9 Å². The molecule has 8 heteroatoms. The average molecular weight is 339 g/mol. The molecule has 1 aromatic carbocycles. The number of urea groups is 1. The van der Waals surface area contributed by atoms with Gasteiger partial charge in [-0.1, -0.05) is 13.3 Å². The summed E-state index contributed by atoms with van der Waals surface area (Å²) in [7, 11) is -3.92. The van der Waals surface area contributed by atoms with E-state index < -0.39 is 16.1 Å². The van der Waals surface area contributed by atoms with Gasteiger partial charge in [-0.15, -0.1) is 0 Å². The van der Waals surface area contributed by atoms with Gasteiger partial charge >= 0.3 is 6.03 Å². The molecule has 1 aliphatic rings. The first kappa shape index (κ1) is 17.3. The molecule has 23 heavy (non-hydrogen) atoms. The van der Waals surface area contributed by atoms with Crippen LogP contribution in [0.4, 0.5) is 10.5 Å². The molecule has 0 spiro atoms. The number of nitrogens with one attached hydrogen (secondary N) is 3. The molecule has 1 aliphatic carbocycles. The van der Waals surface area contributed by atoms with Gasteiger partial charge in [0.2, 0.25) is 5.91 Å². The topological polar surface area (TPSA) is 104 Å². The first-order valence-electron chi connectivity index (χ1n) is 7.64. The van der Waals surface area contributed by atoms with Crippen molar-refractivity contribution in [1.82, 2.24) is 10.0 Å². The molecule has 0 atom stereocenters. The Labute approximate surface area is 135 Å². The number of hydrogen-bond acceptors (Lipinski definition) is 4. The highest BCUT2D eigenvalue weighted by Gasteiger charge is 2.29. The van der Waals surface area contributed by atoms with Crippen LogP contribution in [0.15, 0.2) is 29.2 Å². The molecule has 1 saturated carbocycles. The van der Waals surface area contributed by atoms with Gasteiger partial charge in [0.05, 0.1) is 4.90 Å². The Balaban J connectivity index is 1.93. The van der Waals surface area contributed by atoms with Crippen LogP contribution in [-0.2, 0) is 14.8 Å². The highest BCUT2D eigenvalue weighted by atomic mass is 32.2. The average Bonchev–Trinajstić information content (AvgIpc) is 3.32. The Morgan fingerprint density at radius 2 is 1.83 bits per heavy atom. The Bertz CT molecular complexity index is 666. The number of unbranched alkanes of at least 4 members (excludes halogenated alkanes) is 1. The molecule has 0 heterocycles. The van der Waals surface area contributed by atoms with Gasteiger partial charge in [0.25, 0.3) is 10.0 Å². The monoisotopic (exact) mass is 339 g/mol. The van der Waals surface area contributed by atoms with Crippen molar-refractivity contribution in [3.8, 4) is 0 Å². The minimum absolute atomic E-state index is 0.0347. The predicted octanol–water partition coefficient (Wildman–Crippen LogP) is 1.82. The predicted molar refractivity (Wildman–Crippen MR) is 86.4 cm³/mol. The number of benzene rings is 1. The van der Waals surface area contributed by atoms with Crippen LogP contribution in [0.3, 0.4) is 0 Å². The molecule has 3 amide bonds. The Morgan fingerprint density at radius 1 is 1.17 bits per heavy atom. The van der Waals surface area contributed by atoms with E-state index in [2.05, 4.69) is 10.6 Å². The van der Waals surface area contributed by atoms with E-state index in [4.69, 9.17) is 0 Å². The summed E-state index contributed by atoms with van der Waals surface area (Å²) in [5.41, 5.74) is 0.535. The summed E-state index contributed by atoms with van der Waals surface area (Å²) in [6.07, 6.45) is 3.48. The van der Waals surface area contributed by atoms with Gasteiger partial charge in [-0.3, -0.25) is 4.79 Å². The van der Waals surface area contributed by atoms with Crippen molar-refractivity contribution in [3.05, 3.63) is 24.3 Å². The van der Waals surface area contributed by atoms with E-state index in [-0.39, 0.29) is 16.7 Å². The minimum Gasteiger partial charge on any atom is -0.337 e. The number of sulfonamides is 1. The smallest absolute Gasteiger partial charge is 0.328 e. The highest BCUT2D eigenvalue weighted by Crippen LogP contribution is 2.30. The third-order valence-corrected chi connectivity index (χ3v) is 4.77. The molecular weight excluding hydrogens is 318 g/mol. The summed E-state index contributed by atoms with van der Waals surface area (Å²) in [4.78, 5) is 23.1. The summed E-state index contributed by atoms with van der Waals surface area (Å²) in [5.74, 6) is 0.0286. The maximum absolute atomic E-state index is 12.1. The fraction of sp³-hybridized carbons (Fsp3) is 0.467. The Kier molecular flexibility index (Phi) is 5.59. The lowest BCUT2D eigenvalue weighted by Gasteiger charge is -2.09. The lowest BCUT2D eigenvalue weighted by molar-refractivity contribution is -0.117. The Hall–Kier alpha value is -2.09. The third kappa shape index (κ3) is 5.24. The zero-order valence-electron chi connectivity index (χ0n) is 13.0. The van der Waals surface area contributed by atoms with Crippen LogP contribution in [0.5, 0.6) is 0 Å². The molecule has 7 nitrogen and oxygen atoms in total. The van der Waals surface area contributed by atoms with E-state index in [1.54, 1.807) is 0 Å². The molecule has 3 N–H and O–H groups in total. The number of carbonyl (C=O) groups excluding carboxylic acids is 2. The number of carbonyl (C=O) groups is 2. The summed E-state index contributed by atoms with van der Waals surface area (Å²) < 4.78 is 26.1. The zero-order chi connectivity index (χ0) is 16.9. The molecule has 1 aromatic rings. The molecule has 0 unspecified atom stereocenters. The standard InChI is InChI=1S/C15H21N3O4S/c1-2-3-10-16-15(20)18-23(21,22)13-8-6-12(7-9-13)17-14(19)11-4-5-11/h6-9,11H,2-5,10H2,1H3,(H,17,19)(H2,16,18,20). The number of hydrogen-bond donors (Lipinski definition) is 3. The van der Waals surface area contributed by atoms with Crippen molar-refractivity contribution in [3.63, 3.8) is 0 Å². The van der Waals surface area contributed by atoms with Crippen LogP contribution in [0.2, 0.25) is 0 Å². The maximum atomic E-state index is 12.1. The van der Waals surface area contributed by atoms with Crippen LogP contribution in [0.1, 0.15) is 32.6 Å². The highest BCUT2D eigenvalue weighted by molar-refractivity contribution is 7.90. The fourth-order valence-electron chi connectivity index (χ4n) is 1.90. The summed E-state index contributed by atoms with van der Waals surface area (Å²) in [5, 5.41) is 5.20. The van der Waals surface area contributed by atoms with Crippen LogP contribution < -0.4 is 15.4 Å². The van der Waals surface area contributed by atoms with Gasteiger partial charge in [0.1, 0.15) is 0 Å². The molecule has 1 fully saturated rings. The lowest BCUT2D eigenvalue weighted by Crippen LogP contribution is -2.39. The second-order valence-electron chi connectivity index (χ2n) is 5.50. The molecule has 0 aliphatic heterocycles. The van der Waals surface area contributed by atoms with Crippen molar-refractivity contribution in [2.75, 3.05) is 11.9 Å². The van der Waals surface area contributed by atoms with Crippen molar-refractivity contribution in [2.24, 2.45) is 5.92 Å². The van der Waals surface area contributed by atoms with E-state index in [1.165, 1.54) is 24.3 Å². The second kappa shape index (κ2) is 7.45. The summed E-state index contributed by atoms with van der Waals surface area (Å²) in [6, 6.07) is 4.96. The molecule has 0 radical (unpaired) electrons. The maximum Gasteiger partial charge on any atom is 0.328 e. The zero-order valence-corrected chi connectivity index (χ0v) is 13.8. The van der Waals surface area contributed by atoms with E-state index in [0.29, 0.717) is 12.2 Å². The van der Waals surface area contributed by atoms with Gasteiger partial charge < -0.3 is 10.6 Å². The largest absolute Gasteiger partial charge is 0.337 e. The summed E-state index contributed by atoms with van der Waals surface area (Å²) in [6.45, 7) is 2.39. The van der Waals surface area contributed by atoms with Crippen LogP contribution >= 0.6 is 0 Å². The molecule has 126 valence electrons. The summed E-state index contributed by atoms with van der Waals surface area (Å²) >= 11 is 0. The molecular formula is C15H21N3O4S. The fourth-order valence-corrected chi connectivity index (χ4v) is 2.83. The molecule has 0 bridgehead atoms. The van der Waals surface area contributed by atoms with Crippen molar-refractivity contribution >= 4 is 27.6 Å². The van der Waals surface area contributed by atoms with E-state index >= 15 is 0 Å². The van der Waals surface area contributed by atoms with Crippen LogP contribution in [0.25, 0.3) is 0 Å². The van der Waals surface area contributed by atoms with Crippen molar-refractivity contribution in [2.45, 2.75) is 37.5 Å². The van der Waals surface area contributed by atoms with Gasteiger partial charge in [-0.2, -0.15) is 0 Å². The van der Waals surface area contributed by atoms with E-state index in [1.807, 2.05) is 11.6 Å². The van der Waals surface area contributed by atoms with Crippen LogP contribution in [0, 0.1) is 5.92 Å². The number of rotatable bonds is 7. The lowest BCUT2D eigenvalue weighted by atomic mass is 10.3. The Morgan fingerprint density at radius 3 is 2.39 bits per heavy atom. The molecule has 2 rings (SSSR count). The van der Waals surface area contributed by atoms with Gasteiger partial charge in [0, 0.05) is 18.2 Å².